The Bertz CT molecular complexity index is 1110. The number of nitrogens with zero attached hydrogens (tertiary/aromatic N) is 1. The fourth-order valence-corrected chi connectivity index (χ4v) is 3.48. The van der Waals surface area contributed by atoms with Gasteiger partial charge in [0, 0.05) is 30.9 Å². The van der Waals surface area contributed by atoms with Crippen molar-refractivity contribution in [2.45, 2.75) is 19.4 Å². The number of likely N-dealkylation sites (tertiary alicyclic amines) is 1. The summed E-state index contributed by atoms with van der Waals surface area (Å²) in [6, 6.07) is 20.0. The Labute approximate surface area is 168 Å². The van der Waals surface area contributed by atoms with Gasteiger partial charge in [0.05, 0.1) is 0 Å². The molecular weight excluding hydrogens is 366 g/mol. The van der Waals surface area contributed by atoms with E-state index < -0.39 is 11.5 Å². The van der Waals surface area contributed by atoms with Crippen molar-refractivity contribution in [2.75, 3.05) is 11.9 Å². The van der Waals surface area contributed by atoms with Crippen molar-refractivity contribution < 1.29 is 9.59 Å². The molecule has 0 radical (unpaired) electrons. The highest BCUT2D eigenvalue weighted by molar-refractivity contribution is 6.04. The van der Waals surface area contributed by atoms with Gasteiger partial charge in [0.1, 0.15) is 5.56 Å². The van der Waals surface area contributed by atoms with E-state index in [1.165, 1.54) is 6.07 Å². The number of pyridine rings is 1. The van der Waals surface area contributed by atoms with Crippen molar-refractivity contribution in [1.82, 2.24) is 9.88 Å². The lowest BCUT2D eigenvalue weighted by Gasteiger charge is -2.16. The topological polar surface area (TPSA) is 82.3 Å². The average molecular weight is 387 g/mol. The lowest BCUT2D eigenvalue weighted by molar-refractivity contribution is -0.128. The van der Waals surface area contributed by atoms with Crippen LogP contribution in [0.4, 0.5) is 5.69 Å². The molecule has 2 amide bonds. The zero-order chi connectivity index (χ0) is 20.2. The van der Waals surface area contributed by atoms with E-state index >= 15 is 0 Å². The first-order valence-electron chi connectivity index (χ1n) is 9.57. The van der Waals surface area contributed by atoms with Gasteiger partial charge in [-0.3, -0.25) is 14.4 Å². The molecule has 3 aromatic rings. The number of hydrogen-bond acceptors (Lipinski definition) is 3. The first kappa shape index (κ1) is 18.7. The van der Waals surface area contributed by atoms with Crippen LogP contribution in [0.25, 0.3) is 11.3 Å². The van der Waals surface area contributed by atoms with Crippen LogP contribution in [-0.4, -0.2) is 28.2 Å². The van der Waals surface area contributed by atoms with E-state index in [1.54, 1.807) is 12.1 Å². The van der Waals surface area contributed by atoms with E-state index in [9.17, 15) is 14.4 Å². The van der Waals surface area contributed by atoms with Crippen LogP contribution in [0.3, 0.4) is 0 Å². The minimum absolute atomic E-state index is 0.0461. The number of aromatic nitrogens is 1. The molecule has 1 fully saturated rings. The number of carbonyl (C=O) groups is 2. The van der Waals surface area contributed by atoms with Crippen LogP contribution in [0.5, 0.6) is 0 Å². The maximum Gasteiger partial charge on any atom is 0.261 e. The van der Waals surface area contributed by atoms with Gasteiger partial charge in [-0.05, 0) is 41.8 Å². The number of rotatable bonds is 5. The molecule has 1 aliphatic rings. The van der Waals surface area contributed by atoms with E-state index in [1.807, 2.05) is 53.4 Å². The highest BCUT2D eigenvalue weighted by atomic mass is 16.2. The normalized spacial score (nSPS) is 13.5. The smallest absolute Gasteiger partial charge is 0.261 e. The third-order valence-corrected chi connectivity index (χ3v) is 4.97. The molecule has 6 nitrogen and oxygen atoms in total. The molecule has 2 N–H and O–H groups in total. The summed E-state index contributed by atoms with van der Waals surface area (Å²) >= 11 is 0. The number of benzene rings is 2. The molecule has 0 bridgehead atoms. The predicted molar refractivity (Wildman–Crippen MR) is 112 cm³/mol. The second-order valence-corrected chi connectivity index (χ2v) is 7.05. The molecule has 1 aromatic heterocycles. The van der Waals surface area contributed by atoms with Crippen molar-refractivity contribution in [1.29, 1.82) is 0 Å². The molecular formula is C23H21N3O3. The molecule has 6 heteroatoms. The maximum atomic E-state index is 12.6. The summed E-state index contributed by atoms with van der Waals surface area (Å²) in [4.78, 5) is 41.4. The second kappa shape index (κ2) is 8.14. The van der Waals surface area contributed by atoms with E-state index in [-0.39, 0.29) is 11.5 Å². The van der Waals surface area contributed by atoms with Crippen molar-refractivity contribution in [3.63, 3.8) is 0 Å². The summed E-state index contributed by atoms with van der Waals surface area (Å²) in [7, 11) is 0. The lowest BCUT2D eigenvalue weighted by Crippen LogP contribution is -2.24. The second-order valence-electron chi connectivity index (χ2n) is 7.05. The molecule has 0 spiro atoms. The minimum atomic E-state index is -0.472. The number of anilines is 1. The van der Waals surface area contributed by atoms with Gasteiger partial charge in [-0.1, -0.05) is 42.5 Å². The van der Waals surface area contributed by atoms with Crippen molar-refractivity contribution in [3.05, 3.63) is 88.2 Å². The SMILES string of the molecule is O=C(Nc1cccc(CN2CCCC2=O)c1)c1ccc(-c2ccccc2)[nH]c1=O. The molecule has 1 aliphatic heterocycles. The number of amides is 2. The fraction of sp³-hybridized carbons (Fsp3) is 0.174. The van der Waals surface area contributed by atoms with Crippen LogP contribution in [0.15, 0.2) is 71.5 Å². The number of H-pyrrole nitrogens is 1. The fourth-order valence-electron chi connectivity index (χ4n) is 3.48. The molecule has 2 aromatic carbocycles. The molecule has 0 aliphatic carbocycles. The summed E-state index contributed by atoms with van der Waals surface area (Å²) in [6.45, 7) is 1.29. The quantitative estimate of drug-likeness (QED) is 0.704. The monoisotopic (exact) mass is 387 g/mol. The summed E-state index contributed by atoms with van der Waals surface area (Å²) in [5.41, 5.74) is 2.66. The van der Waals surface area contributed by atoms with Crippen molar-refractivity contribution >= 4 is 17.5 Å². The molecule has 29 heavy (non-hydrogen) atoms. The van der Waals surface area contributed by atoms with E-state index in [2.05, 4.69) is 10.3 Å². The third kappa shape index (κ3) is 4.27. The van der Waals surface area contributed by atoms with Crippen molar-refractivity contribution in [2.24, 2.45) is 0 Å². The van der Waals surface area contributed by atoms with Crippen LogP contribution in [0, 0.1) is 0 Å². The highest BCUT2D eigenvalue weighted by Gasteiger charge is 2.20. The maximum absolute atomic E-state index is 12.6. The van der Waals surface area contributed by atoms with E-state index in [0.29, 0.717) is 24.3 Å². The summed E-state index contributed by atoms with van der Waals surface area (Å²) in [5.74, 6) is -0.315. The predicted octanol–water partition coefficient (Wildman–Crippen LogP) is 3.42. The zero-order valence-electron chi connectivity index (χ0n) is 15.9. The largest absolute Gasteiger partial charge is 0.338 e. The van der Waals surface area contributed by atoms with Gasteiger partial charge in [0.2, 0.25) is 5.91 Å². The number of nitrogens with one attached hydrogen (secondary N) is 2. The molecule has 0 saturated carbocycles. The molecule has 0 unspecified atom stereocenters. The molecule has 0 atom stereocenters. The van der Waals surface area contributed by atoms with Crippen LogP contribution in [0.1, 0.15) is 28.8 Å². The third-order valence-electron chi connectivity index (χ3n) is 4.97. The Morgan fingerprint density at radius 2 is 1.83 bits per heavy atom. The summed E-state index contributed by atoms with van der Waals surface area (Å²) in [6.07, 6.45) is 1.48. The molecule has 4 rings (SSSR count). The number of hydrogen-bond donors (Lipinski definition) is 2. The Morgan fingerprint density at radius 1 is 1.00 bits per heavy atom. The van der Waals surface area contributed by atoms with Crippen LogP contribution >= 0.6 is 0 Å². The van der Waals surface area contributed by atoms with Crippen LogP contribution in [-0.2, 0) is 11.3 Å². The summed E-state index contributed by atoms with van der Waals surface area (Å²) in [5, 5.41) is 2.77. The first-order chi connectivity index (χ1) is 14.1. The summed E-state index contributed by atoms with van der Waals surface area (Å²) < 4.78 is 0. The molecule has 146 valence electrons. The average Bonchev–Trinajstić information content (AvgIpc) is 3.13. The van der Waals surface area contributed by atoms with E-state index in [4.69, 9.17) is 0 Å². The van der Waals surface area contributed by atoms with Crippen LogP contribution < -0.4 is 10.9 Å². The zero-order valence-corrected chi connectivity index (χ0v) is 15.9. The van der Waals surface area contributed by atoms with Crippen molar-refractivity contribution in [3.8, 4) is 11.3 Å². The van der Waals surface area contributed by atoms with Gasteiger partial charge in [-0.2, -0.15) is 0 Å². The van der Waals surface area contributed by atoms with Gasteiger partial charge in [0.25, 0.3) is 11.5 Å². The Kier molecular flexibility index (Phi) is 5.24. The van der Waals surface area contributed by atoms with E-state index in [0.717, 1.165) is 24.1 Å². The Balaban J connectivity index is 1.49. The van der Waals surface area contributed by atoms with Gasteiger partial charge in [-0.25, -0.2) is 0 Å². The first-order valence-corrected chi connectivity index (χ1v) is 9.57. The van der Waals surface area contributed by atoms with Crippen LogP contribution in [0.2, 0.25) is 0 Å². The lowest BCUT2D eigenvalue weighted by atomic mass is 10.1. The Morgan fingerprint density at radius 3 is 2.55 bits per heavy atom. The highest BCUT2D eigenvalue weighted by Crippen LogP contribution is 2.18. The minimum Gasteiger partial charge on any atom is -0.338 e. The van der Waals surface area contributed by atoms with Gasteiger partial charge >= 0.3 is 0 Å². The van der Waals surface area contributed by atoms with Gasteiger partial charge in [0.15, 0.2) is 0 Å². The molecule has 2 heterocycles. The molecule has 1 saturated heterocycles. The number of aromatic amines is 1. The standard InChI is InChI=1S/C23H21N3O3/c27-21-10-5-13-26(21)15-16-6-4-9-18(14-16)24-22(28)19-11-12-20(25-23(19)29)17-7-2-1-3-8-17/h1-4,6-9,11-12,14H,5,10,13,15H2,(H,24,28)(H,25,29). The Hall–Kier alpha value is -3.67. The van der Waals surface area contributed by atoms with Gasteiger partial charge < -0.3 is 15.2 Å². The number of carbonyl (C=O) groups excluding carboxylic acids is 2. The van der Waals surface area contributed by atoms with Gasteiger partial charge in [-0.15, -0.1) is 0 Å².